The van der Waals surface area contributed by atoms with Crippen molar-refractivity contribution < 1.29 is 20.1 Å². The molecule has 0 aliphatic carbocycles. The van der Waals surface area contributed by atoms with Crippen molar-refractivity contribution in [1.82, 2.24) is 24.3 Å². The van der Waals surface area contributed by atoms with Crippen LogP contribution in [0.25, 0.3) is 33.8 Å². The molecule has 0 aliphatic rings. The average molecular weight is 571 g/mol. The summed E-state index contributed by atoms with van der Waals surface area (Å²) in [6.45, 7) is 6.36. The molecule has 2 heterocycles. The largest absolute Gasteiger partial charge is 0.322 e. The van der Waals surface area contributed by atoms with Gasteiger partial charge in [0.2, 0.25) is 0 Å². The molecule has 1 radical (unpaired) electrons. The Morgan fingerprint density at radius 2 is 1.60 bits per heavy atom. The number of rotatable bonds is 3. The topological polar surface area (TPSA) is 48.5 Å². The van der Waals surface area contributed by atoms with Crippen molar-refractivity contribution >= 4 is 11.0 Å². The second kappa shape index (κ2) is 7.98. The zero-order chi connectivity index (χ0) is 20.0. The Morgan fingerprint density at radius 3 is 2.33 bits per heavy atom. The Labute approximate surface area is 188 Å². The molecule has 151 valence electrons. The number of imidazole rings is 1. The maximum absolute atomic E-state index is 4.52. The van der Waals surface area contributed by atoms with Crippen molar-refractivity contribution in [2.45, 2.75) is 20.8 Å². The molecular formula is C24H20IrN5-. The molecule has 0 atom stereocenters. The number of aromatic nitrogens is 5. The minimum absolute atomic E-state index is 0. The molecule has 0 amide bonds. The summed E-state index contributed by atoms with van der Waals surface area (Å²) in [7, 11) is 0. The first-order valence-corrected chi connectivity index (χ1v) is 9.54. The van der Waals surface area contributed by atoms with Crippen LogP contribution in [-0.2, 0) is 20.1 Å². The first kappa shape index (κ1) is 20.2. The molecule has 0 saturated carbocycles. The number of benzene rings is 3. The second-order valence-electron chi connectivity index (χ2n) is 7.34. The van der Waals surface area contributed by atoms with E-state index in [4.69, 9.17) is 0 Å². The van der Waals surface area contributed by atoms with Gasteiger partial charge in [-0.3, -0.25) is 4.98 Å². The van der Waals surface area contributed by atoms with Gasteiger partial charge in [0.25, 0.3) is 0 Å². The number of aryl methyl sites for hydroxylation is 3. The number of para-hydroxylation sites is 1. The van der Waals surface area contributed by atoms with Crippen LogP contribution in [0, 0.1) is 26.8 Å². The molecule has 5 rings (SSSR count). The molecule has 0 fully saturated rings. The van der Waals surface area contributed by atoms with E-state index in [0.29, 0.717) is 0 Å². The molecule has 0 spiro atoms. The normalized spacial score (nSPS) is 10.9. The first-order chi connectivity index (χ1) is 14.1. The molecule has 0 N–H and O–H groups in total. The summed E-state index contributed by atoms with van der Waals surface area (Å²) in [5, 5.41) is 8.61. The fourth-order valence-electron chi connectivity index (χ4n) is 4.01. The van der Waals surface area contributed by atoms with E-state index in [1.807, 2.05) is 35.2 Å². The van der Waals surface area contributed by atoms with Crippen LogP contribution in [0.4, 0.5) is 0 Å². The van der Waals surface area contributed by atoms with Crippen LogP contribution in [0.3, 0.4) is 0 Å². The van der Waals surface area contributed by atoms with Crippen LogP contribution >= 0.6 is 0 Å². The molecule has 0 unspecified atom stereocenters. The number of hydrogen-bond donors (Lipinski definition) is 0. The van der Waals surface area contributed by atoms with E-state index in [-0.39, 0.29) is 20.1 Å². The van der Waals surface area contributed by atoms with Crippen LogP contribution in [0.15, 0.2) is 67.3 Å². The van der Waals surface area contributed by atoms with Crippen LogP contribution in [0.1, 0.15) is 16.7 Å². The Morgan fingerprint density at radius 1 is 0.867 bits per heavy atom. The molecule has 0 aliphatic heterocycles. The summed E-state index contributed by atoms with van der Waals surface area (Å²) >= 11 is 0. The van der Waals surface area contributed by atoms with E-state index in [2.05, 4.69) is 76.9 Å². The summed E-state index contributed by atoms with van der Waals surface area (Å²) < 4.78 is 4.13. The van der Waals surface area contributed by atoms with E-state index in [0.717, 1.165) is 33.8 Å². The molecule has 0 bridgehead atoms. The predicted octanol–water partition coefficient (Wildman–Crippen LogP) is 5.00. The van der Waals surface area contributed by atoms with Gasteiger partial charge in [0, 0.05) is 37.0 Å². The molecule has 30 heavy (non-hydrogen) atoms. The van der Waals surface area contributed by atoms with Gasteiger partial charge in [-0.1, -0.05) is 35.9 Å². The summed E-state index contributed by atoms with van der Waals surface area (Å²) in [5.74, 6) is 0.766. The molecular weight excluding hydrogens is 551 g/mol. The standard InChI is InChI=1S/C24H20N5.Ir/c1-16-11-17(2)23(18(3)12-16)29-15-26-27-24(29)19-9-10-21-22(13-19)28(14-25-21)20-7-5-4-6-8-20;/h4-8,10-15H,1-3H3;/q-1;. The number of fused-ring (bicyclic) bond motifs is 1. The predicted molar refractivity (Wildman–Crippen MR) is 114 cm³/mol. The first-order valence-electron chi connectivity index (χ1n) is 9.54. The van der Waals surface area contributed by atoms with Crippen molar-refractivity contribution in [2.24, 2.45) is 0 Å². The third-order valence-electron chi connectivity index (χ3n) is 5.18. The van der Waals surface area contributed by atoms with Crippen molar-refractivity contribution in [3.8, 4) is 22.8 Å². The van der Waals surface area contributed by atoms with Crippen LogP contribution < -0.4 is 0 Å². The SMILES string of the molecule is Cc1cc(C)c(-n2cnnc2-c2[c-]cc3ncn(-c4ccccc4)c3c2)c(C)c1.[Ir]. The molecule has 5 nitrogen and oxygen atoms in total. The van der Waals surface area contributed by atoms with Gasteiger partial charge in [0.05, 0.1) is 12.2 Å². The van der Waals surface area contributed by atoms with Gasteiger partial charge < -0.3 is 9.13 Å². The smallest absolute Gasteiger partial charge is 0.114 e. The Balaban J connectivity index is 0.00000218. The monoisotopic (exact) mass is 571 g/mol. The van der Waals surface area contributed by atoms with Crippen molar-refractivity contribution in [3.05, 3.63) is 90.0 Å². The zero-order valence-electron chi connectivity index (χ0n) is 16.9. The van der Waals surface area contributed by atoms with E-state index in [1.54, 1.807) is 6.33 Å². The minimum Gasteiger partial charge on any atom is -0.322 e. The molecule has 0 saturated heterocycles. The van der Waals surface area contributed by atoms with Crippen LogP contribution in [-0.4, -0.2) is 24.3 Å². The maximum Gasteiger partial charge on any atom is 0.114 e. The Hall–Kier alpha value is -3.08. The summed E-state index contributed by atoms with van der Waals surface area (Å²) in [4.78, 5) is 4.52. The number of nitrogens with zero attached hydrogens (tertiary/aromatic N) is 5. The molecule has 2 aromatic heterocycles. The minimum atomic E-state index is 0. The fraction of sp³-hybridized carbons (Fsp3) is 0.125. The van der Waals surface area contributed by atoms with E-state index < -0.39 is 0 Å². The van der Waals surface area contributed by atoms with Crippen molar-refractivity contribution in [1.29, 1.82) is 0 Å². The van der Waals surface area contributed by atoms with Crippen LogP contribution in [0.5, 0.6) is 0 Å². The third-order valence-corrected chi connectivity index (χ3v) is 5.18. The zero-order valence-corrected chi connectivity index (χ0v) is 19.3. The van der Waals surface area contributed by atoms with Gasteiger partial charge in [-0.15, -0.1) is 28.9 Å². The molecule has 5 aromatic rings. The summed E-state index contributed by atoms with van der Waals surface area (Å²) in [5.41, 5.74) is 8.60. The van der Waals surface area contributed by atoms with Crippen LogP contribution in [0.2, 0.25) is 0 Å². The maximum atomic E-state index is 4.52. The average Bonchev–Trinajstić information content (AvgIpc) is 3.34. The van der Waals surface area contributed by atoms with Gasteiger partial charge in [-0.05, 0) is 49.5 Å². The van der Waals surface area contributed by atoms with E-state index >= 15 is 0 Å². The fourth-order valence-corrected chi connectivity index (χ4v) is 4.01. The molecule has 6 heteroatoms. The Kier molecular flexibility index (Phi) is 5.37. The molecule has 3 aromatic carbocycles. The van der Waals surface area contributed by atoms with Gasteiger partial charge in [-0.2, -0.15) is 5.10 Å². The Bertz CT molecular complexity index is 1310. The van der Waals surface area contributed by atoms with Crippen molar-refractivity contribution in [3.63, 3.8) is 0 Å². The third kappa shape index (κ3) is 3.38. The van der Waals surface area contributed by atoms with Crippen molar-refractivity contribution in [2.75, 3.05) is 0 Å². The van der Waals surface area contributed by atoms with E-state index in [9.17, 15) is 0 Å². The van der Waals surface area contributed by atoms with E-state index in [1.165, 1.54) is 16.7 Å². The van der Waals surface area contributed by atoms with Gasteiger partial charge >= 0.3 is 0 Å². The van der Waals surface area contributed by atoms with Gasteiger partial charge in [0.1, 0.15) is 6.33 Å². The quantitative estimate of drug-likeness (QED) is 0.287. The second-order valence-corrected chi connectivity index (χ2v) is 7.34. The van der Waals surface area contributed by atoms with Gasteiger partial charge in [0.15, 0.2) is 0 Å². The summed E-state index contributed by atoms with van der Waals surface area (Å²) in [6.07, 6.45) is 3.61. The number of hydrogen-bond acceptors (Lipinski definition) is 3. The summed E-state index contributed by atoms with van der Waals surface area (Å²) in [6, 6.07) is 21.9. The van der Waals surface area contributed by atoms with Gasteiger partial charge in [-0.25, -0.2) is 0 Å².